The van der Waals surface area contributed by atoms with E-state index >= 15 is 0 Å². The van der Waals surface area contributed by atoms with E-state index in [9.17, 15) is 9.59 Å². The molecule has 0 aromatic carbocycles. The topological polar surface area (TPSA) is 226 Å². The van der Waals surface area contributed by atoms with Gasteiger partial charge in [-0.2, -0.15) is 0 Å². The Bertz CT molecular complexity index is 1560. The second kappa shape index (κ2) is 13.9. The van der Waals surface area contributed by atoms with Crippen molar-refractivity contribution in [3.05, 3.63) is 75.5 Å². The zero-order valence-electron chi connectivity index (χ0n) is 23.0. The molecule has 4 aromatic rings. The van der Waals surface area contributed by atoms with Gasteiger partial charge in [0.25, 0.3) is 11.8 Å². The van der Waals surface area contributed by atoms with Crippen molar-refractivity contribution >= 4 is 52.2 Å². The van der Waals surface area contributed by atoms with Gasteiger partial charge in [0.05, 0.1) is 11.4 Å². The van der Waals surface area contributed by atoms with Crippen LogP contribution in [0.1, 0.15) is 43.5 Å². The summed E-state index contributed by atoms with van der Waals surface area (Å²) in [5, 5.41) is 24.2. The lowest BCUT2D eigenvalue weighted by Crippen LogP contribution is -2.19. The summed E-state index contributed by atoms with van der Waals surface area (Å²) >= 11 is 5.76. The van der Waals surface area contributed by atoms with Crippen molar-refractivity contribution in [2.24, 2.45) is 17.2 Å². The van der Waals surface area contributed by atoms with E-state index in [4.69, 9.17) is 28.8 Å². The third kappa shape index (κ3) is 8.52. The first kappa shape index (κ1) is 30.6. The Kier molecular flexibility index (Phi) is 10.4. The summed E-state index contributed by atoms with van der Waals surface area (Å²) in [6.45, 7) is 8.75. The zero-order chi connectivity index (χ0) is 30.1. The van der Waals surface area contributed by atoms with Crippen LogP contribution in [0, 0.1) is 27.7 Å². The van der Waals surface area contributed by atoms with E-state index in [1.54, 1.807) is 12.1 Å². The number of aryl methyl sites for hydroxylation is 4. The fourth-order valence-corrected chi connectivity index (χ4v) is 3.42. The summed E-state index contributed by atoms with van der Waals surface area (Å²) in [7, 11) is 0. The summed E-state index contributed by atoms with van der Waals surface area (Å²) in [6, 6.07) is 10.6. The van der Waals surface area contributed by atoms with Crippen molar-refractivity contribution in [1.82, 2.24) is 30.4 Å². The predicted molar refractivity (Wildman–Crippen MR) is 158 cm³/mol. The highest BCUT2D eigenvalue weighted by Crippen LogP contribution is 2.22. The van der Waals surface area contributed by atoms with E-state index in [0.29, 0.717) is 41.9 Å². The summed E-state index contributed by atoms with van der Waals surface area (Å²) in [5.41, 5.74) is 20.8. The molecule has 0 bridgehead atoms. The van der Waals surface area contributed by atoms with E-state index in [0.717, 1.165) is 22.5 Å². The largest absolute Gasteiger partial charge is 0.367 e. The first-order valence-corrected chi connectivity index (χ1v) is 12.7. The normalized spacial score (nSPS) is 10.3. The number of nitrogens with two attached hydrogens (primary N) is 3. The molecule has 0 spiro atoms. The Balaban J connectivity index is 0.000000228. The number of carbonyl (C=O) groups excluding carboxylic acids is 2. The highest BCUT2D eigenvalue weighted by Gasteiger charge is 2.14. The minimum atomic E-state index is -0.685. The molecule has 15 heteroatoms. The molecule has 4 heterocycles. The quantitative estimate of drug-likeness (QED) is 0.168. The van der Waals surface area contributed by atoms with Crippen molar-refractivity contribution < 1.29 is 9.59 Å². The fourth-order valence-electron chi connectivity index (χ4n) is 3.28. The maximum atomic E-state index is 11.5. The molecule has 0 radical (unpaired) electrons. The van der Waals surface area contributed by atoms with Crippen LogP contribution in [0.15, 0.2) is 36.4 Å². The lowest BCUT2D eigenvalue weighted by Gasteiger charge is -2.11. The number of nitrogens with zero attached hydrogens (tertiary/aromatic N) is 6. The second-order valence-corrected chi connectivity index (χ2v) is 9.20. The SMILES string of the molecule is Cc1ccc(Nc2cc(Cl)nnc2C(N)=O)nc1C.Cc1ccc(Nc2cc(NCCN)nnc2C(N)=O)nc1C. The summed E-state index contributed by atoms with van der Waals surface area (Å²) < 4.78 is 0. The average molecular weight is 579 g/mol. The van der Waals surface area contributed by atoms with Crippen LogP contribution in [0.4, 0.5) is 28.8 Å². The summed E-state index contributed by atoms with van der Waals surface area (Å²) in [5.74, 6) is 0.333. The van der Waals surface area contributed by atoms with Gasteiger partial charge in [0, 0.05) is 36.6 Å². The lowest BCUT2D eigenvalue weighted by atomic mass is 10.2. The molecule has 14 nitrogen and oxygen atoms in total. The van der Waals surface area contributed by atoms with E-state index in [1.165, 1.54) is 6.07 Å². The number of primary amides is 2. The van der Waals surface area contributed by atoms with Crippen LogP contribution in [0.5, 0.6) is 0 Å². The first-order chi connectivity index (χ1) is 19.5. The van der Waals surface area contributed by atoms with Crippen LogP contribution in [0.25, 0.3) is 0 Å². The standard InChI is InChI=1S/C14H19N7O.C12H12ClN5O/c1-8-3-4-11(18-9(8)2)19-10-7-12(17-6-5-15)20-21-13(10)14(16)22;1-6-3-4-10(15-7(6)2)16-8-5-9(13)17-18-11(8)12(14)19/h3-4,7H,5-6,15H2,1-2H3,(H2,16,22)(H2,17,18,19,20);3-5H,1-2H3,(H2,14,19)(H,15,16,17). The molecule has 41 heavy (non-hydrogen) atoms. The number of rotatable bonds is 9. The maximum absolute atomic E-state index is 11.5. The number of amides is 2. The number of halogens is 1. The molecule has 0 aliphatic rings. The number of hydrogen-bond acceptors (Lipinski definition) is 12. The average Bonchev–Trinajstić information content (AvgIpc) is 2.92. The van der Waals surface area contributed by atoms with Gasteiger partial charge in [0.15, 0.2) is 22.4 Å². The molecule has 2 amide bonds. The molecule has 0 unspecified atom stereocenters. The Morgan fingerprint density at radius 2 is 1.22 bits per heavy atom. The Hall–Kier alpha value is -4.95. The number of pyridine rings is 2. The number of anilines is 5. The minimum absolute atomic E-state index is 0.0180. The molecule has 0 fully saturated rings. The molecule has 4 aromatic heterocycles. The van der Waals surface area contributed by atoms with Gasteiger partial charge in [-0.15, -0.1) is 20.4 Å². The molecule has 0 saturated carbocycles. The zero-order valence-corrected chi connectivity index (χ0v) is 23.7. The van der Waals surface area contributed by atoms with Crippen molar-refractivity contribution in [2.75, 3.05) is 29.0 Å². The number of nitrogens with one attached hydrogen (secondary N) is 3. The van der Waals surface area contributed by atoms with Gasteiger partial charge in [-0.1, -0.05) is 23.7 Å². The van der Waals surface area contributed by atoms with Gasteiger partial charge in [-0.05, 0) is 51.0 Å². The lowest BCUT2D eigenvalue weighted by molar-refractivity contribution is 0.0987. The van der Waals surface area contributed by atoms with E-state index in [2.05, 4.69) is 46.3 Å². The molecule has 9 N–H and O–H groups in total. The van der Waals surface area contributed by atoms with Crippen molar-refractivity contribution in [3.63, 3.8) is 0 Å². The third-order valence-corrected chi connectivity index (χ3v) is 5.89. The van der Waals surface area contributed by atoms with Crippen molar-refractivity contribution in [2.45, 2.75) is 27.7 Å². The highest BCUT2D eigenvalue weighted by atomic mass is 35.5. The van der Waals surface area contributed by atoms with Crippen LogP contribution in [0.2, 0.25) is 5.15 Å². The Labute approximate surface area is 241 Å². The predicted octanol–water partition coefficient (Wildman–Crippen LogP) is 2.69. The summed E-state index contributed by atoms with van der Waals surface area (Å²) in [6.07, 6.45) is 0. The molecule has 0 saturated heterocycles. The maximum Gasteiger partial charge on any atom is 0.271 e. The molecule has 4 rings (SSSR count). The van der Waals surface area contributed by atoms with Crippen LogP contribution < -0.4 is 33.2 Å². The second-order valence-electron chi connectivity index (χ2n) is 8.81. The number of hydrogen-bond donors (Lipinski definition) is 6. The van der Waals surface area contributed by atoms with Crippen molar-refractivity contribution in [3.8, 4) is 0 Å². The van der Waals surface area contributed by atoms with Gasteiger partial charge >= 0.3 is 0 Å². The monoisotopic (exact) mass is 578 g/mol. The van der Waals surface area contributed by atoms with Gasteiger partial charge < -0.3 is 33.2 Å². The molecule has 214 valence electrons. The van der Waals surface area contributed by atoms with Crippen LogP contribution >= 0.6 is 11.6 Å². The molecule has 0 aliphatic heterocycles. The molecule has 0 aliphatic carbocycles. The van der Waals surface area contributed by atoms with E-state index in [-0.39, 0.29) is 16.5 Å². The van der Waals surface area contributed by atoms with Gasteiger partial charge in [-0.3, -0.25) is 9.59 Å². The number of carbonyl (C=O) groups is 2. The minimum Gasteiger partial charge on any atom is -0.367 e. The van der Waals surface area contributed by atoms with Crippen LogP contribution in [-0.4, -0.2) is 55.3 Å². The summed E-state index contributed by atoms with van der Waals surface area (Å²) in [4.78, 5) is 31.5. The van der Waals surface area contributed by atoms with Gasteiger partial charge in [-0.25, -0.2) is 9.97 Å². The third-order valence-electron chi connectivity index (χ3n) is 5.70. The van der Waals surface area contributed by atoms with Gasteiger partial charge in [0.1, 0.15) is 11.6 Å². The van der Waals surface area contributed by atoms with E-state index < -0.39 is 11.8 Å². The Morgan fingerprint density at radius 1 is 0.732 bits per heavy atom. The van der Waals surface area contributed by atoms with Gasteiger partial charge in [0.2, 0.25) is 0 Å². The fraction of sp³-hybridized carbons (Fsp3) is 0.231. The van der Waals surface area contributed by atoms with Crippen LogP contribution in [0.3, 0.4) is 0 Å². The molecular formula is C26H31ClN12O2. The molecule has 0 atom stereocenters. The van der Waals surface area contributed by atoms with Crippen LogP contribution in [-0.2, 0) is 0 Å². The van der Waals surface area contributed by atoms with Crippen molar-refractivity contribution in [1.29, 1.82) is 0 Å². The Morgan fingerprint density at radius 3 is 1.68 bits per heavy atom. The molecular weight excluding hydrogens is 548 g/mol. The van der Waals surface area contributed by atoms with E-state index in [1.807, 2.05) is 45.9 Å². The smallest absolute Gasteiger partial charge is 0.271 e. The number of aromatic nitrogens is 6. The highest BCUT2D eigenvalue weighted by molar-refractivity contribution is 6.29. The first-order valence-electron chi connectivity index (χ1n) is 12.4.